The van der Waals surface area contributed by atoms with Crippen molar-refractivity contribution in [3.63, 3.8) is 0 Å². The summed E-state index contributed by atoms with van der Waals surface area (Å²) in [7, 11) is 1.68. The second-order valence-electron chi connectivity index (χ2n) is 3.33. The number of carbonyl (C=O) groups excluding carboxylic acids is 1. The lowest BCUT2D eigenvalue weighted by molar-refractivity contribution is -0.157. The Balaban J connectivity index is 2.07. The van der Waals surface area contributed by atoms with Crippen LogP contribution in [0.15, 0.2) is 12.2 Å². The Hall–Kier alpha value is -0.830. The van der Waals surface area contributed by atoms with Gasteiger partial charge < -0.3 is 9.47 Å². The van der Waals surface area contributed by atoms with Gasteiger partial charge in [0.05, 0.1) is 13.0 Å². The van der Waals surface area contributed by atoms with E-state index in [4.69, 9.17) is 9.47 Å². The number of carbonyl (C=O) groups is 1. The minimum absolute atomic E-state index is 0.0313. The molecule has 0 aromatic carbocycles. The normalized spacial score (nSPS) is 38.4. The average Bonchev–Trinajstić information content (AvgIpc) is 2.32. The Labute approximate surface area is 71.3 Å². The van der Waals surface area contributed by atoms with Crippen LogP contribution in [0.1, 0.15) is 6.42 Å². The third-order valence-electron chi connectivity index (χ3n) is 2.55. The minimum Gasteiger partial charge on any atom is -0.458 e. The number of allylic oxidation sites excluding steroid dienone is 1. The smallest absolute Gasteiger partial charge is 0.306 e. The van der Waals surface area contributed by atoms with Crippen molar-refractivity contribution >= 4 is 5.97 Å². The first-order valence-electron chi connectivity index (χ1n) is 4.18. The molecule has 0 saturated carbocycles. The van der Waals surface area contributed by atoms with E-state index < -0.39 is 0 Å². The van der Waals surface area contributed by atoms with Gasteiger partial charge >= 0.3 is 5.97 Å². The summed E-state index contributed by atoms with van der Waals surface area (Å²) in [5.41, 5.74) is 0. The van der Waals surface area contributed by atoms with Crippen molar-refractivity contribution in [3.05, 3.63) is 12.2 Å². The highest BCUT2D eigenvalue weighted by Crippen LogP contribution is 2.35. The summed E-state index contributed by atoms with van der Waals surface area (Å²) in [5, 5.41) is 0. The zero-order valence-corrected chi connectivity index (χ0v) is 7.03. The number of rotatable bonds is 2. The fraction of sp³-hybridized carbons (Fsp3) is 0.667. The van der Waals surface area contributed by atoms with Gasteiger partial charge in [0.1, 0.15) is 6.10 Å². The topological polar surface area (TPSA) is 35.5 Å². The molecule has 0 radical (unpaired) electrons. The summed E-state index contributed by atoms with van der Waals surface area (Å²) >= 11 is 0. The van der Waals surface area contributed by atoms with E-state index in [0.717, 1.165) is 0 Å². The third-order valence-corrected chi connectivity index (χ3v) is 2.55. The van der Waals surface area contributed by atoms with Crippen LogP contribution in [0.25, 0.3) is 0 Å². The maximum atomic E-state index is 11.0. The largest absolute Gasteiger partial charge is 0.458 e. The summed E-state index contributed by atoms with van der Waals surface area (Å²) in [5.74, 6) is 0.617. The molecule has 3 heteroatoms. The quantitative estimate of drug-likeness (QED) is 0.451. The van der Waals surface area contributed by atoms with E-state index >= 15 is 0 Å². The Bertz CT molecular complexity index is 204. The van der Waals surface area contributed by atoms with Crippen LogP contribution in [-0.4, -0.2) is 25.8 Å². The van der Waals surface area contributed by atoms with E-state index in [1.807, 2.05) is 6.08 Å². The van der Waals surface area contributed by atoms with Crippen LogP contribution >= 0.6 is 0 Å². The molecule has 2 bridgehead atoms. The van der Waals surface area contributed by atoms with E-state index in [2.05, 4.69) is 6.08 Å². The summed E-state index contributed by atoms with van der Waals surface area (Å²) in [6, 6.07) is 0. The lowest BCUT2D eigenvalue weighted by atomic mass is 9.90. The number of ether oxygens (including phenoxy) is 2. The third kappa shape index (κ3) is 1.14. The first kappa shape index (κ1) is 7.80. The van der Waals surface area contributed by atoms with Crippen LogP contribution in [0.2, 0.25) is 0 Å². The maximum Gasteiger partial charge on any atom is 0.306 e. The molecule has 0 amide bonds. The van der Waals surface area contributed by atoms with E-state index in [1.165, 1.54) is 0 Å². The predicted molar refractivity (Wildman–Crippen MR) is 42.5 cm³/mol. The molecule has 1 aliphatic carbocycles. The van der Waals surface area contributed by atoms with Crippen molar-refractivity contribution in [2.24, 2.45) is 11.8 Å². The lowest BCUT2D eigenvalue weighted by Gasteiger charge is -2.28. The highest BCUT2D eigenvalue weighted by Gasteiger charge is 2.39. The van der Waals surface area contributed by atoms with Gasteiger partial charge in [0, 0.05) is 13.0 Å². The van der Waals surface area contributed by atoms with E-state index in [9.17, 15) is 4.79 Å². The minimum atomic E-state index is -0.0812. The summed E-state index contributed by atoms with van der Waals surface area (Å²) < 4.78 is 10.2. The lowest BCUT2D eigenvalue weighted by Crippen LogP contribution is -2.35. The molecule has 0 aromatic rings. The zero-order valence-electron chi connectivity index (χ0n) is 7.03. The van der Waals surface area contributed by atoms with Crippen molar-refractivity contribution in [3.8, 4) is 0 Å². The number of hydrogen-bond acceptors (Lipinski definition) is 3. The molecule has 66 valence electrons. The van der Waals surface area contributed by atoms with Gasteiger partial charge in [-0.1, -0.05) is 6.08 Å². The highest BCUT2D eigenvalue weighted by atomic mass is 16.5. The second kappa shape index (κ2) is 2.90. The molecule has 1 aliphatic heterocycles. The maximum absolute atomic E-state index is 11.0. The van der Waals surface area contributed by atoms with E-state index in [-0.39, 0.29) is 12.1 Å². The van der Waals surface area contributed by atoms with Crippen molar-refractivity contribution in [1.29, 1.82) is 0 Å². The fourth-order valence-corrected chi connectivity index (χ4v) is 1.93. The Morgan fingerprint density at radius 2 is 2.50 bits per heavy atom. The molecule has 0 aromatic heterocycles. The number of hydrogen-bond donors (Lipinski definition) is 0. The number of methoxy groups -OCH3 is 1. The van der Waals surface area contributed by atoms with Crippen molar-refractivity contribution in [1.82, 2.24) is 0 Å². The summed E-state index contributed by atoms with van der Waals surface area (Å²) in [6.07, 6.45) is 4.52. The van der Waals surface area contributed by atoms with Gasteiger partial charge in [-0.2, -0.15) is 0 Å². The van der Waals surface area contributed by atoms with Crippen molar-refractivity contribution in [2.45, 2.75) is 12.5 Å². The Kier molecular flexibility index (Phi) is 1.89. The SMILES string of the molecule is COCC1C2C=CC1OC(=O)C2. The Morgan fingerprint density at radius 1 is 1.67 bits per heavy atom. The summed E-state index contributed by atoms with van der Waals surface area (Å²) in [4.78, 5) is 11.0. The van der Waals surface area contributed by atoms with E-state index in [0.29, 0.717) is 24.9 Å². The molecular formula is C9H12O3. The van der Waals surface area contributed by atoms with Crippen LogP contribution in [-0.2, 0) is 14.3 Å². The monoisotopic (exact) mass is 168 g/mol. The van der Waals surface area contributed by atoms with Gasteiger partial charge in [0.25, 0.3) is 0 Å². The fourth-order valence-electron chi connectivity index (χ4n) is 1.93. The molecule has 1 saturated heterocycles. The molecule has 12 heavy (non-hydrogen) atoms. The molecule has 0 N–H and O–H groups in total. The van der Waals surface area contributed by atoms with Gasteiger partial charge in [0.2, 0.25) is 0 Å². The molecular weight excluding hydrogens is 156 g/mol. The first-order valence-corrected chi connectivity index (χ1v) is 4.18. The predicted octanol–water partition coefficient (Wildman–Crippen LogP) is 0.751. The summed E-state index contributed by atoms with van der Waals surface area (Å²) in [6.45, 7) is 0.676. The van der Waals surface area contributed by atoms with Crippen LogP contribution < -0.4 is 0 Å². The molecule has 1 heterocycles. The van der Waals surface area contributed by atoms with Crippen molar-refractivity contribution in [2.75, 3.05) is 13.7 Å². The van der Waals surface area contributed by atoms with Gasteiger partial charge in [-0.3, -0.25) is 4.79 Å². The molecule has 2 rings (SSSR count). The van der Waals surface area contributed by atoms with Gasteiger partial charge in [-0.15, -0.1) is 0 Å². The highest BCUT2D eigenvalue weighted by molar-refractivity contribution is 5.72. The Morgan fingerprint density at radius 3 is 3.17 bits per heavy atom. The molecule has 3 nitrogen and oxygen atoms in total. The van der Waals surface area contributed by atoms with Crippen molar-refractivity contribution < 1.29 is 14.3 Å². The van der Waals surface area contributed by atoms with E-state index in [1.54, 1.807) is 7.11 Å². The molecule has 1 fully saturated rings. The first-order chi connectivity index (χ1) is 5.81. The molecule has 3 unspecified atom stereocenters. The zero-order chi connectivity index (χ0) is 8.55. The van der Waals surface area contributed by atoms with Crippen LogP contribution in [0.3, 0.4) is 0 Å². The van der Waals surface area contributed by atoms with Gasteiger partial charge in [-0.05, 0) is 12.0 Å². The standard InChI is InChI=1S/C9H12O3/c1-11-5-7-6-2-3-8(7)12-9(10)4-6/h2-3,6-8H,4-5H2,1H3. The number of esters is 1. The van der Waals surface area contributed by atoms with Gasteiger partial charge in [0.15, 0.2) is 0 Å². The number of fused-ring (bicyclic) bond motifs is 2. The van der Waals surface area contributed by atoms with Gasteiger partial charge in [-0.25, -0.2) is 0 Å². The molecule has 2 aliphatic rings. The average molecular weight is 168 g/mol. The van der Waals surface area contributed by atoms with Crippen LogP contribution in [0, 0.1) is 11.8 Å². The second-order valence-corrected chi connectivity index (χ2v) is 3.33. The van der Waals surface area contributed by atoms with Crippen LogP contribution in [0.4, 0.5) is 0 Å². The molecule has 0 spiro atoms. The van der Waals surface area contributed by atoms with Crippen LogP contribution in [0.5, 0.6) is 0 Å². The molecule has 3 atom stereocenters.